The normalized spacial score (nSPS) is 21.4. The molecular weight excluding hydrogens is 362 g/mol. The molecule has 2 aliphatic rings. The predicted molar refractivity (Wildman–Crippen MR) is 106 cm³/mol. The first kappa shape index (κ1) is 18.8. The number of carbonyl (C=O) groups is 1. The smallest absolute Gasteiger partial charge is 0.261 e. The van der Waals surface area contributed by atoms with Gasteiger partial charge in [-0.1, -0.05) is 6.07 Å². The van der Waals surface area contributed by atoms with Gasteiger partial charge < -0.3 is 20.1 Å². The minimum absolute atomic E-state index is 0.0213. The molecule has 0 spiro atoms. The highest BCUT2D eigenvalue weighted by Crippen LogP contribution is 2.40. The summed E-state index contributed by atoms with van der Waals surface area (Å²) in [6.45, 7) is 3.90. The number of aliphatic hydroxyl groups is 1. The van der Waals surface area contributed by atoms with Gasteiger partial charge in [-0.25, -0.2) is 4.98 Å². The van der Waals surface area contributed by atoms with Crippen molar-refractivity contribution in [1.82, 2.24) is 15.2 Å². The highest BCUT2D eigenvalue weighted by atomic mass is 32.1. The number of fused-ring (bicyclic) bond motifs is 1. The molecule has 2 fully saturated rings. The Labute approximate surface area is 163 Å². The summed E-state index contributed by atoms with van der Waals surface area (Å²) in [5.41, 5.74) is 0.545. The van der Waals surface area contributed by atoms with Crippen LogP contribution in [0.5, 0.6) is 0 Å². The summed E-state index contributed by atoms with van der Waals surface area (Å²) < 4.78 is 5.39. The van der Waals surface area contributed by atoms with E-state index in [9.17, 15) is 9.90 Å². The van der Waals surface area contributed by atoms with E-state index < -0.39 is 5.60 Å². The number of thiophene rings is 1. The van der Waals surface area contributed by atoms with Crippen molar-refractivity contribution in [2.24, 2.45) is 0 Å². The zero-order valence-electron chi connectivity index (χ0n) is 15.7. The Balaban J connectivity index is 1.50. The lowest BCUT2D eigenvalue weighted by molar-refractivity contribution is -0.0820. The third-order valence-electron chi connectivity index (χ3n) is 5.88. The second kappa shape index (κ2) is 7.83. The number of hydrogen-bond donors (Lipinski definition) is 2. The molecule has 0 atom stereocenters. The Morgan fingerprint density at radius 2 is 2.15 bits per heavy atom. The van der Waals surface area contributed by atoms with Gasteiger partial charge in [-0.2, -0.15) is 0 Å². The van der Waals surface area contributed by atoms with Crippen molar-refractivity contribution in [3.8, 4) is 0 Å². The maximum atomic E-state index is 12.4. The maximum Gasteiger partial charge on any atom is 0.261 e. The molecule has 0 aromatic carbocycles. The number of pyridine rings is 1. The van der Waals surface area contributed by atoms with Gasteiger partial charge >= 0.3 is 0 Å². The summed E-state index contributed by atoms with van der Waals surface area (Å²) in [6, 6.07) is 4.03. The largest absolute Gasteiger partial charge is 0.388 e. The zero-order chi connectivity index (χ0) is 18.9. The summed E-state index contributed by atoms with van der Waals surface area (Å²) in [5.74, 6) is 0.336. The quantitative estimate of drug-likeness (QED) is 0.840. The fourth-order valence-corrected chi connectivity index (χ4v) is 5.52. The van der Waals surface area contributed by atoms with Gasteiger partial charge in [0.25, 0.3) is 5.91 Å². The van der Waals surface area contributed by atoms with Crippen LogP contribution in [-0.4, -0.2) is 66.4 Å². The number of nitrogens with one attached hydrogen (secondary N) is 1. The van der Waals surface area contributed by atoms with Crippen LogP contribution in [0.25, 0.3) is 10.2 Å². The second-order valence-electron chi connectivity index (χ2n) is 7.67. The number of piperidine rings is 1. The van der Waals surface area contributed by atoms with E-state index in [4.69, 9.17) is 4.74 Å². The van der Waals surface area contributed by atoms with E-state index in [-0.39, 0.29) is 5.91 Å². The molecule has 2 N–H and O–H groups in total. The molecule has 2 saturated heterocycles. The maximum absolute atomic E-state index is 12.4. The molecule has 4 rings (SSSR count). The van der Waals surface area contributed by atoms with Gasteiger partial charge in [-0.15, -0.1) is 11.3 Å². The first-order valence-electron chi connectivity index (χ1n) is 9.71. The molecule has 2 aliphatic heterocycles. The summed E-state index contributed by atoms with van der Waals surface area (Å²) in [6.07, 6.45) is 5.21. The zero-order valence-corrected chi connectivity index (χ0v) is 16.6. The van der Waals surface area contributed by atoms with Crippen LogP contribution in [0.15, 0.2) is 18.3 Å². The molecule has 4 heterocycles. The van der Waals surface area contributed by atoms with E-state index in [0.717, 1.165) is 53.1 Å². The molecule has 0 saturated carbocycles. The van der Waals surface area contributed by atoms with Gasteiger partial charge in [0.05, 0.1) is 10.5 Å². The first-order chi connectivity index (χ1) is 13.1. The SMILES string of the molecule is CNC(=O)c1sc2ncccc2c1C1CCN(CC2(O)CCOCC2)CC1. The summed E-state index contributed by atoms with van der Waals surface area (Å²) in [7, 11) is 1.68. The Morgan fingerprint density at radius 3 is 2.85 bits per heavy atom. The molecule has 0 unspecified atom stereocenters. The topological polar surface area (TPSA) is 74.7 Å². The molecule has 0 radical (unpaired) electrons. The molecule has 1 amide bonds. The van der Waals surface area contributed by atoms with Crippen molar-refractivity contribution >= 4 is 27.5 Å². The first-order valence-corrected chi connectivity index (χ1v) is 10.5. The number of rotatable bonds is 4. The number of nitrogens with zero attached hydrogens (tertiary/aromatic N) is 2. The number of aromatic nitrogens is 1. The van der Waals surface area contributed by atoms with Gasteiger partial charge in [0.15, 0.2) is 0 Å². The summed E-state index contributed by atoms with van der Waals surface area (Å²) in [4.78, 5) is 21.0. The van der Waals surface area contributed by atoms with Crippen LogP contribution in [0.4, 0.5) is 0 Å². The van der Waals surface area contributed by atoms with Crippen molar-refractivity contribution in [3.05, 3.63) is 28.8 Å². The minimum atomic E-state index is -0.614. The average Bonchev–Trinajstić information content (AvgIpc) is 3.08. The van der Waals surface area contributed by atoms with Crippen LogP contribution in [0.1, 0.15) is 46.8 Å². The highest BCUT2D eigenvalue weighted by molar-refractivity contribution is 7.20. The van der Waals surface area contributed by atoms with Crippen LogP contribution in [0.2, 0.25) is 0 Å². The second-order valence-corrected chi connectivity index (χ2v) is 8.67. The fourth-order valence-electron chi connectivity index (χ4n) is 4.34. The van der Waals surface area contributed by atoms with Gasteiger partial charge in [0.1, 0.15) is 4.83 Å². The van der Waals surface area contributed by atoms with Gasteiger partial charge in [-0.05, 0) is 43.5 Å². The number of amides is 1. The van der Waals surface area contributed by atoms with E-state index in [0.29, 0.717) is 32.0 Å². The summed E-state index contributed by atoms with van der Waals surface area (Å²) in [5, 5.41) is 14.7. The highest BCUT2D eigenvalue weighted by Gasteiger charge is 2.34. The fraction of sp³-hybridized carbons (Fsp3) is 0.600. The average molecular weight is 390 g/mol. The minimum Gasteiger partial charge on any atom is -0.388 e. The lowest BCUT2D eigenvalue weighted by atomic mass is 9.86. The Hall–Kier alpha value is -1.54. The van der Waals surface area contributed by atoms with E-state index in [1.165, 1.54) is 11.3 Å². The molecular formula is C20H27N3O3S. The van der Waals surface area contributed by atoms with Crippen molar-refractivity contribution in [2.75, 3.05) is 39.9 Å². The van der Waals surface area contributed by atoms with Gasteiger partial charge in [0, 0.05) is 51.2 Å². The van der Waals surface area contributed by atoms with Crippen molar-refractivity contribution in [3.63, 3.8) is 0 Å². The Kier molecular flexibility index (Phi) is 5.45. The molecule has 0 aliphatic carbocycles. The summed E-state index contributed by atoms with van der Waals surface area (Å²) >= 11 is 1.49. The van der Waals surface area contributed by atoms with Crippen molar-refractivity contribution in [1.29, 1.82) is 0 Å². The van der Waals surface area contributed by atoms with E-state index in [1.54, 1.807) is 13.2 Å². The van der Waals surface area contributed by atoms with E-state index in [2.05, 4.69) is 21.3 Å². The molecule has 2 aromatic heterocycles. The van der Waals surface area contributed by atoms with E-state index >= 15 is 0 Å². The monoisotopic (exact) mass is 389 g/mol. The van der Waals surface area contributed by atoms with Crippen molar-refractivity contribution < 1.29 is 14.6 Å². The van der Waals surface area contributed by atoms with Gasteiger partial charge in [-0.3, -0.25) is 4.79 Å². The van der Waals surface area contributed by atoms with Crippen LogP contribution in [0, 0.1) is 0 Å². The standard InChI is InChI=1S/C20H27N3O3S/c1-21-18(24)17-16(15-3-2-8-22-19(15)27-17)14-4-9-23(10-5-14)13-20(25)6-11-26-12-7-20/h2-3,8,14,25H,4-7,9-13H2,1H3,(H,21,24). The third kappa shape index (κ3) is 3.87. The van der Waals surface area contributed by atoms with Crippen molar-refractivity contribution in [2.45, 2.75) is 37.2 Å². The lowest BCUT2D eigenvalue weighted by Gasteiger charge is -2.40. The molecule has 0 bridgehead atoms. The van der Waals surface area contributed by atoms with E-state index in [1.807, 2.05) is 6.07 Å². The Bertz CT molecular complexity index is 808. The molecule has 2 aromatic rings. The lowest BCUT2D eigenvalue weighted by Crippen LogP contribution is -2.48. The number of likely N-dealkylation sites (tertiary alicyclic amines) is 1. The Morgan fingerprint density at radius 1 is 1.41 bits per heavy atom. The predicted octanol–water partition coefficient (Wildman–Crippen LogP) is 2.38. The van der Waals surface area contributed by atoms with Crippen LogP contribution < -0.4 is 5.32 Å². The van der Waals surface area contributed by atoms with Crippen LogP contribution in [-0.2, 0) is 4.74 Å². The number of carbonyl (C=O) groups excluding carboxylic acids is 1. The molecule has 6 nitrogen and oxygen atoms in total. The molecule has 27 heavy (non-hydrogen) atoms. The third-order valence-corrected chi connectivity index (χ3v) is 7.00. The van der Waals surface area contributed by atoms with Gasteiger partial charge in [0.2, 0.25) is 0 Å². The number of hydrogen-bond acceptors (Lipinski definition) is 6. The van der Waals surface area contributed by atoms with Crippen LogP contribution in [0.3, 0.4) is 0 Å². The van der Waals surface area contributed by atoms with Crippen LogP contribution >= 0.6 is 11.3 Å². The number of ether oxygens (including phenoxy) is 1. The molecule has 146 valence electrons. The molecule has 7 heteroatoms. The number of β-amino-alcohol motifs (C(OH)–C–C–N with tert-alkyl or cyclic N) is 1.